The highest BCUT2D eigenvalue weighted by Gasteiger charge is 2.08. The highest BCUT2D eigenvalue weighted by Crippen LogP contribution is 2.15. The molecular weight excluding hydrogens is 932 g/mol. The van der Waals surface area contributed by atoms with Gasteiger partial charge in [0, 0.05) is 55.3 Å². The van der Waals surface area contributed by atoms with Crippen molar-refractivity contribution >= 4 is 85.2 Å². The van der Waals surface area contributed by atoms with Crippen LogP contribution in [-0.4, -0.2) is 54.6 Å². The third kappa shape index (κ3) is 26.9. The van der Waals surface area contributed by atoms with Gasteiger partial charge in [-0.25, -0.2) is 18.7 Å². The Hall–Kier alpha value is -1.43. The molecule has 0 aliphatic carbocycles. The summed E-state index contributed by atoms with van der Waals surface area (Å²) in [5.74, 6) is -4.24. The van der Waals surface area contributed by atoms with Crippen molar-refractivity contribution in [2.75, 3.05) is 56.8 Å². The van der Waals surface area contributed by atoms with Crippen molar-refractivity contribution in [1.29, 1.82) is 0 Å². The average molecular weight is 972 g/mol. The minimum atomic E-state index is -1.15. The zero-order valence-electron chi connectivity index (χ0n) is 25.4. The fourth-order valence-electron chi connectivity index (χ4n) is 2.07. The lowest BCUT2D eigenvalue weighted by Gasteiger charge is -1.96. The van der Waals surface area contributed by atoms with Crippen LogP contribution in [0.3, 0.4) is 0 Å². The van der Waals surface area contributed by atoms with Crippen molar-refractivity contribution in [3.63, 3.8) is 0 Å². The van der Waals surface area contributed by atoms with Gasteiger partial charge in [0.05, 0.1) is 7.14 Å². The maximum Gasteiger partial charge on any atom is 0.251 e. The van der Waals surface area contributed by atoms with Crippen molar-refractivity contribution in [2.45, 2.75) is 41.5 Å². The van der Waals surface area contributed by atoms with Crippen LogP contribution in [0.4, 0.5) is 39.4 Å². The number of pyridine rings is 3. The Morgan fingerprint density at radius 3 is 1.25 bits per heavy atom. The van der Waals surface area contributed by atoms with Gasteiger partial charge in [-0.3, -0.25) is 0 Å². The number of nitrogen functional groups attached to an aromatic ring is 3. The summed E-state index contributed by atoms with van der Waals surface area (Å²) >= 11 is 5.25. The normalized spacial score (nSPS) is 9.32. The van der Waals surface area contributed by atoms with Crippen LogP contribution in [0.2, 0.25) is 0 Å². The molecule has 0 fully saturated rings. The highest BCUT2D eigenvalue weighted by atomic mass is 127. The number of ether oxygens (including phenoxy) is 3. The van der Waals surface area contributed by atoms with Crippen LogP contribution in [0.15, 0.2) is 24.3 Å². The fraction of sp³-hybridized carbons (Fsp3) is 0.444. The van der Waals surface area contributed by atoms with Crippen LogP contribution in [0.5, 0.6) is 0 Å². The maximum atomic E-state index is 12.5. The Bertz CT molecular complexity index is 1000. The lowest BCUT2D eigenvalue weighted by molar-refractivity contribution is 0.162. The van der Waals surface area contributed by atoms with Crippen molar-refractivity contribution in [1.82, 2.24) is 15.0 Å². The fourth-order valence-corrected chi connectivity index (χ4v) is 3.72. The quantitative estimate of drug-likeness (QED) is 0.129. The molecule has 0 spiro atoms. The molecule has 0 atom stereocenters. The molecule has 0 radical (unpaired) electrons. The van der Waals surface area contributed by atoms with E-state index in [4.69, 9.17) is 31.4 Å². The topological polar surface area (TPSA) is 144 Å². The molecule has 0 aromatic carbocycles. The first kappa shape index (κ1) is 47.0. The summed E-state index contributed by atoms with van der Waals surface area (Å²) in [6.45, 7) is 17.0. The van der Waals surface area contributed by atoms with E-state index in [0.29, 0.717) is 0 Å². The Balaban J connectivity index is -0.000000473. The summed E-state index contributed by atoms with van der Waals surface area (Å²) in [6, 6.07) is 5.16. The van der Waals surface area contributed by atoms with E-state index in [1.165, 1.54) is 12.1 Å². The number of aromatic nitrogens is 3. The molecule has 3 heterocycles. The summed E-state index contributed by atoms with van der Waals surface area (Å²) in [4.78, 5) is 9.47. The molecule has 0 saturated carbocycles. The molecule has 252 valence electrons. The second-order valence-electron chi connectivity index (χ2n) is 7.14. The Morgan fingerprint density at radius 2 is 0.932 bits per heavy atom. The molecule has 3 rings (SSSR count). The third-order valence-corrected chi connectivity index (χ3v) is 6.00. The van der Waals surface area contributed by atoms with Crippen molar-refractivity contribution < 1.29 is 36.2 Å². The van der Waals surface area contributed by atoms with Gasteiger partial charge in [-0.05, 0) is 121 Å². The van der Waals surface area contributed by atoms with Crippen LogP contribution >= 0.6 is 67.8 Å². The van der Waals surface area contributed by atoms with Gasteiger partial charge in [0.15, 0.2) is 17.5 Å². The van der Waals surface area contributed by atoms with Gasteiger partial charge in [-0.2, -0.15) is 18.2 Å². The van der Waals surface area contributed by atoms with Crippen molar-refractivity contribution in [3.05, 3.63) is 64.5 Å². The van der Waals surface area contributed by atoms with Crippen LogP contribution < -0.4 is 17.2 Å². The Labute approximate surface area is 297 Å². The molecule has 0 saturated heterocycles. The zero-order chi connectivity index (χ0) is 34.7. The van der Waals surface area contributed by atoms with E-state index < -0.39 is 35.3 Å². The van der Waals surface area contributed by atoms with Gasteiger partial charge in [0.1, 0.15) is 11.6 Å². The summed E-state index contributed by atoms with van der Waals surface area (Å²) in [7, 11) is 0. The minimum Gasteiger partial charge on any atom is -0.384 e. The highest BCUT2D eigenvalue weighted by molar-refractivity contribution is 14.1. The summed E-state index contributed by atoms with van der Waals surface area (Å²) in [5, 5.41) is 0. The first-order valence-electron chi connectivity index (χ1n) is 13.0. The molecule has 3 aromatic heterocycles. The van der Waals surface area contributed by atoms with Crippen LogP contribution in [0.1, 0.15) is 41.5 Å². The molecule has 0 unspecified atom stereocenters. The first-order chi connectivity index (χ1) is 20.6. The number of nitrogens with two attached hydrogens (primary N) is 3. The SMILES string of the molecule is CCOCC.CCOCC.CCOCC.Nc1cc(I)c(F)c(F)n1.Nc1cc(I)cc(F)n1.Nc1nc(F)cc(I)c1F. The third-order valence-electron chi connectivity index (χ3n) is 3.80. The first-order valence-corrected chi connectivity index (χ1v) is 16.2. The summed E-state index contributed by atoms with van der Waals surface area (Å²) in [5.41, 5.74) is 15.3. The summed E-state index contributed by atoms with van der Waals surface area (Å²) in [6.07, 6.45) is 0. The van der Waals surface area contributed by atoms with E-state index in [9.17, 15) is 22.0 Å². The molecule has 3 aromatic rings. The van der Waals surface area contributed by atoms with Gasteiger partial charge in [-0.15, -0.1) is 0 Å². The van der Waals surface area contributed by atoms with E-state index >= 15 is 0 Å². The molecule has 0 aliphatic heterocycles. The maximum absolute atomic E-state index is 12.5. The predicted octanol–water partition coefficient (Wildman–Crippen LogP) is 7.63. The summed E-state index contributed by atoms with van der Waals surface area (Å²) < 4.78 is 77.3. The number of nitrogens with zero attached hydrogens (tertiary/aromatic N) is 3. The van der Waals surface area contributed by atoms with Crippen LogP contribution in [0, 0.1) is 40.2 Å². The predicted molar refractivity (Wildman–Crippen MR) is 190 cm³/mol. The van der Waals surface area contributed by atoms with Gasteiger partial charge < -0.3 is 31.4 Å². The van der Waals surface area contributed by atoms with E-state index in [0.717, 1.165) is 49.3 Å². The Kier molecular flexibility index (Phi) is 32.3. The van der Waals surface area contributed by atoms with Crippen molar-refractivity contribution in [2.24, 2.45) is 0 Å². The molecule has 44 heavy (non-hydrogen) atoms. The molecule has 0 aliphatic rings. The number of hydrogen-bond acceptors (Lipinski definition) is 9. The molecular formula is C27H40F5I3N6O3. The number of rotatable bonds is 6. The Morgan fingerprint density at radius 1 is 0.545 bits per heavy atom. The zero-order valence-corrected chi connectivity index (χ0v) is 31.8. The number of halogens is 8. The molecule has 9 nitrogen and oxygen atoms in total. The van der Waals surface area contributed by atoms with Gasteiger partial charge >= 0.3 is 0 Å². The monoisotopic (exact) mass is 972 g/mol. The second kappa shape index (κ2) is 30.2. The lowest BCUT2D eigenvalue weighted by Crippen LogP contribution is -1.99. The van der Waals surface area contributed by atoms with E-state index in [2.05, 4.69) is 15.0 Å². The van der Waals surface area contributed by atoms with E-state index in [-0.39, 0.29) is 18.8 Å². The van der Waals surface area contributed by atoms with Gasteiger partial charge in [0.2, 0.25) is 11.9 Å². The molecule has 0 amide bonds. The van der Waals surface area contributed by atoms with Gasteiger partial charge in [-0.1, -0.05) is 0 Å². The van der Waals surface area contributed by atoms with E-state index in [1.807, 2.05) is 64.1 Å². The van der Waals surface area contributed by atoms with Gasteiger partial charge in [0.25, 0.3) is 5.95 Å². The largest absolute Gasteiger partial charge is 0.384 e. The second-order valence-corrected chi connectivity index (χ2v) is 10.7. The van der Waals surface area contributed by atoms with E-state index in [1.54, 1.807) is 51.2 Å². The lowest BCUT2D eigenvalue weighted by atomic mass is 10.4. The van der Waals surface area contributed by atoms with Crippen molar-refractivity contribution in [3.8, 4) is 0 Å². The molecule has 6 N–H and O–H groups in total. The van der Waals surface area contributed by atoms with Crippen LogP contribution in [-0.2, 0) is 14.2 Å². The smallest absolute Gasteiger partial charge is 0.251 e. The van der Waals surface area contributed by atoms with Crippen LogP contribution in [0.25, 0.3) is 0 Å². The molecule has 0 bridgehead atoms. The number of hydrogen-bond donors (Lipinski definition) is 3. The molecule has 17 heteroatoms. The average Bonchev–Trinajstić information content (AvgIpc) is 2.93. The minimum absolute atomic E-state index is 0.0108. The standard InChI is InChI=1S/2C5H3F2IN2.C5H4FIN2.3C4H10O/c6-4-2(8)1-3(9)10-5(4)7;6-3-1-2(8)4(7)5(9)10-3;6-4-1-3(7)2-5(8)9-4;3*1-3-5-4-2/h2*1H,(H2,9,10);1-2H,(H2,8,9);3*3-4H2,1-2H3. The number of anilines is 3.